The van der Waals surface area contributed by atoms with Gasteiger partial charge in [0.05, 0.1) is 12.2 Å². The molecule has 0 atom stereocenters. The molecule has 1 amide bonds. The largest absolute Gasteiger partial charge is 0.330 e. The minimum absolute atomic E-state index is 0.0203. The third-order valence-electron chi connectivity index (χ3n) is 4.07. The second kappa shape index (κ2) is 6.23. The van der Waals surface area contributed by atoms with Gasteiger partial charge in [-0.15, -0.1) is 0 Å². The summed E-state index contributed by atoms with van der Waals surface area (Å²) in [5, 5.41) is 0. The lowest BCUT2D eigenvalue weighted by molar-refractivity contribution is 0.0727. The summed E-state index contributed by atoms with van der Waals surface area (Å²) < 4.78 is 1.79. The van der Waals surface area contributed by atoms with Crippen molar-refractivity contribution in [2.24, 2.45) is 0 Å². The fourth-order valence-corrected chi connectivity index (χ4v) is 2.67. The smallest absolute Gasteiger partial charge is 0.254 e. The quantitative estimate of drug-likeness (QED) is 0.725. The summed E-state index contributed by atoms with van der Waals surface area (Å²) in [7, 11) is 0. The van der Waals surface area contributed by atoms with Gasteiger partial charge in [-0.25, -0.2) is 9.97 Å². The summed E-state index contributed by atoms with van der Waals surface area (Å²) in [5.74, 6) is 0.707. The van der Waals surface area contributed by atoms with Crippen LogP contribution in [0.2, 0.25) is 0 Å². The van der Waals surface area contributed by atoms with Crippen molar-refractivity contribution in [3.8, 4) is 5.82 Å². The first-order valence-electron chi connectivity index (χ1n) is 7.96. The summed E-state index contributed by atoms with van der Waals surface area (Å²) >= 11 is 0. The first-order chi connectivity index (χ1) is 11.8. The summed E-state index contributed by atoms with van der Waals surface area (Å²) in [6, 6.07) is 9.65. The molecule has 0 unspecified atom stereocenters. The standard InChI is InChI=1S/C18H17N5O/c24-18(14-6-8-21-17(11-14)22-10-9-19-13-22)23(16-4-5-16)12-15-3-1-2-7-20-15/h1-3,6-11,13,16H,4-5,12H2. The van der Waals surface area contributed by atoms with Gasteiger partial charge in [-0.3, -0.25) is 14.3 Å². The number of carbonyl (C=O) groups excluding carboxylic acids is 1. The zero-order valence-electron chi connectivity index (χ0n) is 13.1. The number of imidazole rings is 1. The van der Waals surface area contributed by atoms with E-state index in [9.17, 15) is 4.79 Å². The molecule has 6 nitrogen and oxygen atoms in total. The van der Waals surface area contributed by atoms with E-state index in [1.165, 1.54) is 0 Å². The van der Waals surface area contributed by atoms with Gasteiger partial charge >= 0.3 is 0 Å². The first-order valence-corrected chi connectivity index (χ1v) is 7.96. The van der Waals surface area contributed by atoms with Crippen LogP contribution in [0.4, 0.5) is 0 Å². The maximum atomic E-state index is 13.0. The molecule has 0 saturated heterocycles. The van der Waals surface area contributed by atoms with Crippen molar-refractivity contribution in [3.05, 3.63) is 72.7 Å². The average Bonchev–Trinajstić information content (AvgIpc) is 3.33. The molecule has 3 heterocycles. The molecule has 1 fully saturated rings. The Balaban J connectivity index is 1.60. The summed E-state index contributed by atoms with van der Waals surface area (Å²) in [6.45, 7) is 0.535. The molecular formula is C18H17N5O. The van der Waals surface area contributed by atoms with Gasteiger partial charge in [-0.1, -0.05) is 6.07 Å². The molecule has 0 spiro atoms. The highest BCUT2D eigenvalue weighted by Crippen LogP contribution is 2.29. The van der Waals surface area contributed by atoms with Crippen LogP contribution >= 0.6 is 0 Å². The molecule has 24 heavy (non-hydrogen) atoms. The number of pyridine rings is 2. The predicted molar refractivity (Wildman–Crippen MR) is 88.5 cm³/mol. The highest BCUT2D eigenvalue weighted by Gasteiger charge is 2.33. The van der Waals surface area contributed by atoms with Gasteiger partial charge in [0.2, 0.25) is 0 Å². The highest BCUT2D eigenvalue weighted by molar-refractivity contribution is 5.94. The van der Waals surface area contributed by atoms with Gasteiger partial charge in [0.25, 0.3) is 5.91 Å². The van der Waals surface area contributed by atoms with E-state index < -0.39 is 0 Å². The first kappa shape index (κ1) is 14.6. The van der Waals surface area contributed by atoms with Gasteiger partial charge < -0.3 is 4.90 Å². The molecule has 0 N–H and O–H groups in total. The Kier molecular flexibility index (Phi) is 3.78. The molecule has 3 aromatic heterocycles. The van der Waals surface area contributed by atoms with E-state index in [2.05, 4.69) is 15.0 Å². The third-order valence-corrected chi connectivity index (χ3v) is 4.07. The van der Waals surface area contributed by atoms with Crippen molar-refractivity contribution in [2.45, 2.75) is 25.4 Å². The number of hydrogen-bond donors (Lipinski definition) is 0. The molecule has 1 aliphatic carbocycles. The van der Waals surface area contributed by atoms with E-state index in [0.717, 1.165) is 18.5 Å². The van der Waals surface area contributed by atoms with E-state index in [0.29, 0.717) is 24.0 Å². The number of aromatic nitrogens is 4. The molecule has 120 valence electrons. The van der Waals surface area contributed by atoms with E-state index in [-0.39, 0.29) is 5.91 Å². The van der Waals surface area contributed by atoms with Crippen LogP contribution in [0.5, 0.6) is 0 Å². The predicted octanol–water partition coefficient (Wildman–Crippen LogP) is 2.47. The number of rotatable bonds is 5. The Morgan fingerprint density at radius 2 is 2.08 bits per heavy atom. The molecule has 0 radical (unpaired) electrons. The van der Waals surface area contributed by atoms with Gasteiger partial charge in [-0.05, 0) is 37.1 Å². The summed E-state index contributed by atoms with van der Waals surface area (Å²) in [5.41, 5.74) is 1.54. The minimum atomic E-state index is 0.0203. The van der Waals surface area contributed by atoms with Crippen molar-refractivity contribution >= 4 is 5.91 Å². The van der Waals surface area contributed by atoms with Crippen LogP contribution in [0, 0.1) is 0 Å². The number of hydrogen-bond acceptors (Lipinski definition) is 4. The van der Waals surface area contributed by atoms with Crippen LogP contribution in [0.3, 0.4) is 0 Å². The topological polar surface area (TPSA) is 63.9 Å². The van der Waals surface area contributed by atoms with Crippen LogP contribution in [0.1, 0.15) is 28.9 Å². The van der Waals surface area contributed by atoms with E-state index in [4.69, 9.17) is 0 Å². The Bertz CT molecular complexity index is 828. The van der Waals surface area contributed by atoms with Gasteiger partial charge in [0, 0.05) is 36.4 Å². The van der Waals surface area contributed by atoms with E-state index >= 15 is 0 Å². The molecular weight excluding hydrogens is 302 g/mol. The van der Waals surface area contributed by atoms with Crippen LogP contribution in [-0.2, 0) is 6.54 Å². The minimum Gasteiger partial charge on any atom is -0.330 e. The van der Waals surface area contributed by atoms with Crippen molar-refractivity contribution in [1.82, 2.24) is 24.4 Å². The molecule has 6 heteroatoms. The maximum Gasteiger partial charge on any atom is 0.254 e. The number of nitrogens with zero attached hydrogens (tertiary/aromatic N) is 5. The van der Waals surface area contributed by atoms with Crippen molar-refractivity contribution in [1.29, 1.82) is 0 Å². The maximum absolute atomic E-state index is 13.0. The van der Waals surface area contributed by atoms with Crippen molar-refractivity contribution in [2.75, 3.05) is 0 Å². The monoisotopic (exact) mass is 319 g/mol. The van der Waals surface area contributed by atoms with Crippen LogP contribution < -0.4 is 0 Å². The summed E-state index contributed by atoms with van der Waals surface area (Å²) in [6.07, 6.45) is 10.7. The molecule has 1 saturated carbocycles. The number of amides is 1. The molecule has 0 aromatic carbocycles. The fraction of sp³-hybridized carbons (Fsp3) is 0.222. The third kappa shape index (κ3) is 3.03. The molecule has 0 bridgehead atoms. The van der Waals surface area contributed by atoms with Crippen LogP contribution in [-0.4, -0.2) is 36.4 Å². The average molecular weight is 319 g/mol. The molecule has 3 aromatic rings. The zero-order chi connectivity index (χ0) is 16.4. The zero-order valence-corrected chi connectivity index (χ0v) is 13.1. The molecule has 1 aliphatic rings. The van der Waals surface area contributed by atoms with Gasteiger partial charge in [0.15, 0.2) is 0 Å². The van der Waals surface area contributed by atoms with Crippen LogP contribution in [0.25, 0.3) is 5.82 Å². The normalized spacial score (nSPS) is 13.7. The van der Waals surface area contributed by atoms with Crippen molar-refractivity contribution in [3.63, 3.8) is 0 Å². The van der Waals surface area contributed by atoms with E-state index in [1.807, 2.05) is 29.3 Å². The second-order valence-electron chi connectivity index (χ2n) is 5.86. The Labute approximate surface area is 139 Å². The SMILES string of the molecule is O=C(c1ccnc(-n2ccnc2)c1)N(Cc1ccccn1)C1CC1. The van der Waals surface area contributed by atoms with E-state index in [1.54, 1.807) is 41.6 Å². The lowest BCUT2D eigenvalue weighted by atomic mass is 10.2. The Morgan fingerprint density at radius 1 is 1.17 bits per heavy atom. The Morgan fingerprint density at radius 3 is 2.79 bits per heavy atom. The molecule has 0 aliphatic heterocycles. The van der Waals surface area contributed by atoms with Crippen molar-refractivity contribution < 1.29 is 4.79 Å². The fourth-order valence-electron chi connectivity index (χ4n) is 2.67. The number of carbonyl (C=O) groups is 1. The molecule has 4 rings (SSSR count). The van der Waals surface area contributed by atoms with Gasteiger partial charge in [-0.2, -0.15) is 0 Å². The van der Waals surface area contributed by atoms with Crippen LogP contribution in [0.15, 0.2) is 61.4 Å². The Hall–Kier alpha value is -3.02. The highest BCUT2D eigenvalue weighted by atomic mass is 16.2. The lowest BCUT2D eigenvalue weighted by Gasteiger charge is -2.22. The lowest BCUT2D eigenvalue weighted by Crippen LogP contribution is -2.33. The summed E-state index contributed by atoms with van der Waals surface area (Å²) in [4.78, 5) is 27.6. The van der Waals surface area contributed by atoms with Gasteiger partial charge in [0.1, 0.15) is 12.1 Å². The second-order valence-corrected chi connectivity index (χ2v) is 5.86.